The van der Waals surface area contributed by atoms with E-state index in [0.29, 0.717) is 16.2 Å². The molecule has 0 aliphatic rings. The van der Waals surface area contributed by atoms with Crippen LogP contribution >= 0.6 is 11.6 Å². The van der Waals surface area contributed by atoms with Gasteiger partial charge in [-0.2, -0.15) is 0 Å². The standard InChI is InChI=1S/C6H7BClNO2/c1-4-5(7(10)11)2-3-9-6(4)8/h2-3,10-11H,1H3. The number of pyridine rings is 1. The van der Waals surface area contributed by atoms with Crippen molar-refractivity contribution in [2.24, 2.45) is 0 Å². The van der Waals surface area contributed by atoms with Crippen molar-refractivity contribution in [3.05, 3.63) is 23.0 Å². The minimum absolute atomic E-state index is 0.301. The van der Waals surface area contributed by atoms with Gasteiger partial charge < -0.3 is 10.0 Å². The molecule has 0 spiro atoms. The van der Waals surface area contributed by atoms with E-state index in [1.54, 1.807) is 6.92 Å². The van der Waals surface area contributed by atoms with Gasteiger partial charge in [-0.1, -0.05) is 11.6 Å². The Bertz CT molecular complexity index is 267. The zero-order valence-electron chi connectivity index (χ0n) is 5.95. The van der Waals surface area contributed by atoms with Gasteiger partial charge in [-0.25, -0.2) is 4.98 Å². The summed E-state index contributed by atoms with van der Waals surface area (Å²) in [5.41, 5.74) is 0.995. The Hall–Kier alpha value is -0.575. The first-order valence-corrected chi connectivity index (χ1v) is 3.48. The SMILES string of the molecule is Cc1c(B(O)O)ccnc1Cl. The fraction of sp³-hybridized carbons (Fsp3) is 0.167. The summed E-state index contributed by atoms with van der Waals surface area (Å²) in [4.78, 5) is 3.76. The Kier molecular flexibility index (Phi) is 2.49. The van der Waals surface area contributed by atoms with E-state index in [1.165, 1.54) is 12.3 Å². The number of hydrogen-bond donors (Lipinski definition) is 2. The smallest absolute Gasteiger partial charge is 0.423 e. The fourth-order valence-corrected chi connectivity index (χ4v) is 0.969. The van der Waals surface area contributed by atoms with Crippen molar-refractivity contribution in [3.63, 3.8) is 0 Å². The molecule has 5 heteroatoms. The van der Waals surface area contributed by atoms with Gasteiger partial charge in [0.2, 0.25) is 0 Å². The molecule has 58 valence electrons. The third-order valence-corrected chi connectivity index (χ3v) is 1.84. The van der Waals surface area contributed by atoms with E-state index in [9.17, 15) is 0 Å². The van der Waals surface area contributed by atoms with Crippen molar-refractivity contribution in [2.75, 3.05) is 0 Å². The van der Waals surface area contributed by atoms with Crippen molar-refractivity contribution >= 4 is 24.2 Å². The molecule has 0 aliphatic heterocycles. The van der Waals surface area contributed by atoms with Crippen molar-refractivity contribution in [3.8, 4) is 0 Å². The molecule has 0 fully saturated rings. The summed E-state index contributed by atoms with van der Waals surface area (Å²) in [6.07, 6.45) is 1.43. The average Bonchev–Trinajstić information content (AvgIpc) is 1.94. The molecule has 1 aromatic heterocycles. The molecule has 0 aromatic carbocycles. The maximum absolute atomic E-state index is 8.80. The predicted octanol–water partition coefficient (Wildman–Crippen LogP) is -0.277. The average molecular weight is 171 g/mol. The van der Waals surface area contributed by atoms with E-state index < -0.39 is 7.12 Å². The van der Waals surface area contributed by atoms with E-state index in [1.807, 2.05) is 0 Å². The second kappa shape index (κ2) is 3.22. The van der Waals surface area contributed by atoms with Gasteiger partial charge in [-0.05, 0) is 24.0 Å². The Morgan fingerprint density at radius 1 is 1.55 bits per heavy atom. The Morgan fingerprint density at radius 2 is 2.18 bits per heavy atom. The van der Waals surface area contributed by atoms with Crippen LogP contribution in [0.1, 0.15) is 5.56 Å². The van der Waals surface area contributed by atoms with Crippen LogP contribution in [-0.2, 0) is 0 Å². The van der Waals surface area contributed by atoms with Crippen LogP contribution in [0.25, 0.3) is 0 Å². The number of aromatic nitrogens is 1. The molecule has 0 aliphatic carbocycles. The molecule has 1 rings (SSSR count). The van der Waals surface area contributed by atoms with Crippen molar-refractivity contribution < 1.29 is 10.0 Å². The first kappa shape index (κ1) is 8.52. The van der Waals surface area contributed by atoms with Crippen LogP contribution in [-0.4, -0.2) is 22.2 Å². The van der Waals surface area contributed by atoms with Crippen LogP contribution in [0.4, 0.5) is 0 Å². The van der Waals surface area contributed by atoms with Gasteiger partial charge in [-0.15, -0.1) is 0 Å². The van der Waals surface area contributed by atoms with Gasteiger partial charge in [0.15, 0.2) is 0 Å². The number of rotatable bonds is 1. The van der Waals surface area contributed by atoms with Crippen LogP contribution < -0.4 is 5.46 Å². The Labute approximate surface area is 69.8 Å². The lowest BCUT2D eigenvalue weighted by Crippen LogP contribution is -2.32. The lowest BCUT2D eigenvalue weighted by atomic mass is 9.78. The van der Waals surface area contributed by atoms with Crippen LogP contribution in [0.15, 0.2) is 12.3 Å². The fourth-order valence-electron chi connectivity index (χ4n) is 0.804. The highest BCUT2D eigenvalue weighted by atomic mass is 35.5. The molecule has 0 saturated carbocycles. The molecule has 11 heavy (non-hydrogen) atoms. The first-order valence-electron chi connectivity index (χ1n) is 3.10. The summed E-state index contributed by atoms with van der Waals surface area (Å²) in [7, 11) is -1.48. The molecule has 0 atom stereocenters. The summed E-state index contributed by atoms with van der Waals surface area (Å²) in [6, 6.07) is 1.52. The van der Waals surface area contributed by atoms with Crippen LogP contribution in [0.5, 0.6) is 0 Å². The topological polar surface area (TPSA) is 53.4 Å². The van der Waals surface area contributed by atoms with Gasteiger partial charge in [0.1, 0.15) is 5.15 Å². The van der Waals surface area contributed by atoms with Crippen LogP contribution in [0.3, 0.4) is 0 Å². The zero-order chi connectivity index (χ0) is 8.43. The maximum Gasteiger partial charge on any atom is 0.488 e. The van der Waals surface area contributed by atoms with Crippen LogP contribution in [0.2, 0.25) is 5.15 Å². The monoisotopic (exact) mass is 171 g/mol. The van der Waals surface area contributed by atoms with E-state index in [2.05, 4.69) is 4.98 Å². The third kappa shape index (κ3) is 1.71. The van der Waals surface area contributed by atoms with E-state index in [0.717, 1.165) is 0 Å². The molecule has 1 aromatic rings. The first-order chi connectivity index (χ1) is 5.13. The lowest BCUT2D eigenvalue weighted by molar-refractivity contribution is 0.425. The normalized spacial score (nSPS) is 9.82. The van der Waals surface area contributed by atoms with Gasteiger partial charge >= 0.3 is 7.12 Å². The van der Waals surface area contributed by atoms with E-state index in [4.69, 9.17) is 21.6 Å². The highest BCUT2D eigenvalue weighted by molar-refractivity contribution is 6.59. The molecule has 1 heterocycles. The summed E-state index contributed by atoms with van der Waals surface area (Å²) < 4.78 is 0. The van der Waals surface area contributed by atoms with Crippen molar-refractivity contribution in [1.29, 1.82) is 0 Å². The van der Waals surface area contributed by atoms with E-state index in [-0.39, 0.29) is 0 Å². The Balaban J connectivity index is 3.17. The predicted molar refractivity (Wildman–Crippen MR) is 43.8 cm³/mol. The quantitative estimate of drug-likeness (QED) is 0.451. The molecule has 0 radical (unpaired) electrons. The van der Waals surface area contributed by atoms with Gasteiger partial charge in [0, 0.05) is 6.20 Å². The molecule has 0 bridgehead atoms. The summed E-state index contributed by atoms with van der Waals surface area (Å²) in [5.74, 6) is 0. The minimum Gasteiger partial charge on any atom is -0.423 e. The Morgan fingerprint density at radius 3 is 2.64 bits per heavy atom. The highest BCUT2D eigenvalue weighted by Gasteiger charge is 2.15. The highest BCUT2D eigenvalue weighted by Crippen LogP contribution is 2.07. The van der Waals surface area contributed by atoms with Crippen molar-refractivity contribution in [1.82, 2.24) is 4.98 Å². The molecule has 0 unspecified atom stereocenters. The van der Waals surface area contributed by atoms with Gasteiger partial charge in [-0.3, -0.25) is 0 Å². The van der Waals surface area contributed by atoms with Crippen molar-refractivity contribution in [2.45, 2.75) is 6.92 Å². The molecular weight excluding hydrogens is 164 g/mol. The summed E-state index contributed by atoms with van der Waals surface area (Å²) >= 11 is 5.62. The van der Waals surface area contributed by atoms with E-state index >= 15 is 0 Å². The molecule has 2 N–H and O–H groups in total. The number of nitrogens with zero attached hydrogens (tertiary/aromatic N) is 1. The molecule has 3 nitrogen and oxygen atoms in total. The maximum atomic E-state index is 8.80. The second-order valence-corrected chi connectivity index (χ2v) is 2.55. The van der Waals surface area contributed by atoms with Gasteiger partial charge in [0.05, 0.1) is 0 Å². The third-order valence-electron chi connectivity index (χ3n) is 1.46. The number of hydrogen-bond acceptors (Lipinski definition) is 3. The summed E-state index contributed by atoms with van der Waals surface area (Å²) in [6.45, 7) is 1.68. The van der Waals surface area contributed by atoms with Gasteiger partial charge in [0.25, 0.3) is 0 Å². The molecule has 0 amide bonds. The summed E-state index contributed by atoms with van der Waals surface area (Å²) in [5, 5.41) is 17.9. The molecular formula is C6H7BClNO2. The minimum atomic E-state index is -1.48. The largest absolute Gasteiger partial charge is 0.488 e. The molecule has 0 saturated heterocycles. The zero-order valence-corrected chi connectivity index (χ0v) is 6.71. The van der Waals surface area contributed by atoms with Crippen LogP contribution in [0, 0.1) is 6.92 Å². The number of halogens is 1. The lowest BCUT2D eigenvalue weighted by Gasteiger charge is -2.03. The second-order valence-electron chi connectivity index (χ2n) is 2.19.